The van der Waals surface area contributed by atoms with Crippen molar-refractivity contribution < 1.29 is 9.18 Å². The Labute approximate surface area is 133 Å². The molecule has 0 amide bonds. The molecule has 3 heteroatoms. The molecule has 21 heavy (non-hydrogen) atoms. The number of hydrogen-bond donors (Lipinski definition) is 0. The zero-order valence-electron chi connectivity index (χ0n) is 11.8. The Morgan fingerprint density at radius 2 is 1.76 bits per heavy atom. The first-order valence-corrected chi connectivity index (χ1v) is 8.28. The molecule has 2 rings (SSSR count). The molecular formula is C18H18BrFO. The van der Waals surface area contributed by atoms with Gasteiger partial charge in [0.1, 0.15) is 5.82 Å². The summed E-state index contributed by atoms with van der Waals surface area (Å²) in [4.78, 5) is 12.0. The van der Waals surface area contributed by atoms with E-state index in [4.69, 9.17) is 0 Å². The molecule has 0 aliphatic heterocycles. The van der Waals surface area contributed by atoms with E-state index in [1.54, 1.807) is 12.1 Å². The SMILES string of the molecule is O=C(CCCCCBr)c1ccc(-c2ccccc2)c(F)c1. The van der Waals surface area contributed by atoms with Crippen molar-refractivity contribution >= 4 is 21.7 Å². The molecule has 0 fully saturated rings. The van der Waals surface area contributed by atoms with Gasteiger partial charge in [-0.15, -0.1) is 0 Å². The van der Waals surface area contributed by atoms with Gasteiger partial charge in [-0.3, -0.25) is 4.79 Å². The second kappa shape index (κ2) is 8.08. The lowest BCUT2D eigenvalue weighted by Gasteiger charge is -2.06. The van der Waals surface area contributed by atoms with Gasteiger partial charge in [-0.2, -0.15) is 0 Å². The largest absolute Gasteiger partial charge is 0.294 e. The number of ketones is 1. The van der Waals surface area contributed by atoms with E-state index < -0.39 is 0 Å². The average Bonchev–Trinajstić information content (AvgIpc) is 2.52. The summed E-state index contributed by atoms with van der Waals surface area (Å²) in [6, 6.07) is 14.1. The Morgan fingerprint density at radius 1 is 1.00 bits per heavy atom. The summed E-state index contributed by atoms with van der Waals surface area (Å²) in [5, 5.41) is 0.960. The second-order valence-corrected chi connectivity index (χ2v) is 5.78. The summed E-state index contributed by atoms with van der Waals surface area (Å²) in [5.41, 5.74) is 1.82. The first kappa shape index (κ1) is 15.9. The summed E-state index contributed by atoms with van der Waals surface area (Å²) < 4.78 is 14.2. The Morgan fingerprint density at radius 3 is 2.43 bits per heavy atom. The Balaban J connectivity index is 2.07. The molecule has 110 valence electrons. The molecule has 0 heterocycles. The van der Waals surface area contributed by atoms with Crippen LogP contribution >= 0.6 is 15.9 Å². The maximum atomic E-state index is 14.2. The predicted molar refractivity (Wildman–Crippen MR) is 88.4 cm³/mol. The number of Topliss-reactive ketones (excluding diaryl/α,β-unsaturated/α-hetero) is 1. The quantitative estimate of drug-likeness (QED) is 0.360. The smallest absolute Gasteiger partial charge is 0.162 e. The number of benzene rings is 2. The third kappa shape index (κ3) is 4.50. The molecule has 0 aliphatic rings. The first-order valence-electron chi connectivity index (χ1n) is 7.16. The standard InChI is InChI=1S/C18H18BrFO/c19-12-6-2-5-9-18(21)15-10-11-16(17(20)13-15)14-7-3-1-4-8-14/h1,3-4,7-8,10-11,13H,2,5-6,9,12H2. The highest BCUT2D eigenvalue weighted by atomic mass is 79.9. The monoisotopic (exact) mass is 348 g/mol. The van der Waals surface area contributed by atoms with E-state index in [2.05, 4.69) is 15.9 Å². The number of halogens is 2. The molecule has 0 atom stereocenters. The molecular weight excluding hydrogens is 331 g/mol. The molecule has 0 N–H and O–H groups in total. The van der Waals surface area contributed by atoms with Gasteiger partial charge in [-0.25, -0.2) is 4.39 Å². The van der Waals surface area contributed by atoms with Crippen LogP contribution in [0.5, 0.6) is 0 Å². The molecule has 0 unspecified atom stereocenters. The molecule has 0 saturated carbocycles. The minimum Gasteiger partial charge on any atom is -0.294 e. The van der Waals surface area contributed by atoms with Gasteiger partial charge in [-0.05, 0) is 24.5 Å². The minimum atomic E-state index is -0.340. The highest BCUT2D eigenvalue weighted by molar-refractivity contribution is 9.09. The summed E-state index contributed by atoms with van der Waals surface area (Å²) in [6.45, 7) is 0. The fourth-order valence-corrected chi connectivity index (χ4v) is 2.64. The van der Waals surface area contributed by atoms with Crippen LogP contribution in [0.2, 0.25) is 0 Å². The van der Waals surface area contributed by atoms with Gasteiger partial charge in [0, 0.05) is 22.9 Å². The molecule has 0 spiro atoms. The number of unbranched alkanes of at least 4 members (excludes halogenated alkanes) is 2. The zero-order chi connectivity index (χ0) is 15.1. The second-order valence-electron chi connectivity index (χ2n) is 4.98. The van der Waals surface area contributed by atoms with Crippen LogP contribution < -0.4 is 0 Å². The summed E-state index contributed by atoms with van der Waals surface area (Å²) in [7, 11) is 0. The molecule has 2 aromatic carbocycles. The van der Waals surface area contributed by atoms with E-state index in [9.17, 15) is 9.18 Å². The fraction of sp³-hybridized carbons (Fsp3) is 0.278. The predicted octanol–water partition coefficient (Wildman–Crippen LogP) is 5.63. The van der Waals surface area contributed by atoms with Crippen LogP contribution in [0.25, 0.3) is 11.1 Å². The number of alkyl halides is 1. The molecule has 0 radical (unpaired) electrons. The van der Waals surface area contributed by atoms with Crippen molar-refractivity contribution in [3.8, 4) is 11.1 Å². The number of rotatable bonds is 7. The fourth-order valence-electron chi connectivity index (χ4n) is 2.24. The lowest BCUT2D eigenvalue weighted by Crippen LogP contribution is -2.00. The number of carbonyl (C=O) groups is 1. The molecule has 0 saturated heterocycles. The number of carbonyl (C=O) groups excluding carboxylic acids is 1. The average molecular weight is 349 g/mol. The van der Waals surface area contributed by atoms with Crippen molar-refractivity contribution in [2.75, 3.05) is 5.33 Å². The van der Waals surface area contributed by atoms with Crippen molar-refractivity contribution in [1.29, 1.82) is 0 Å². The lowest BCUT2D eigenvalue weighted by molar-refractivity contribution is 0.0979. The molecule has 0 aliphatic carbocycles. The van der Waals surface area contributed by atoms with Crippen molar-refractivity contribution in [2.24, 2.45) is 0 Å². The first-order chi connectivity index (χ1) is 10.2. The van der Waals surface area contributed by atoms with Crippen LogP contribution in [-0.4, -0.2) is 11.1 Å². The van der Waals surface area contributed by atoms with Crippen LogP contribution in [0, 0.1) is 5.82 Å². The van der Waals surface area contributed by atoms with Crippen molar-refractivity contribution in [3.05, 3.63) is 59.9 Å². The van der Waals surface area contributed by atoms with Gasteiger partial charge in [0.2, 0.25) is 0 Å². The molecule has 0 bridgehead atoms. The molecule has 1 nitrogen and oxygen atoms in total. The van der Waals surface area contributed by atoms with Crippen LogP contribution in [0.15, 0.2) is 48.5 Å². The topological polar surface area (TPSA) is 17.1 Å². The number of hydrogen-bond acceptors (Lipinski definition) is 1. The summed E-state index contributed by atoms with van der Waals surface area (Å²) in [5.74, 6) is -0.324. The van der Waals surface area contributed by atoms with Crippen LogP contribution in [0.3, 0.4) is 0 Å². The van der Waals surface area contributed by atoms with Gasteiger partial charge < -0.3 is 0 Å². The van der Waals surface area contributed by atoms with Gasteiger partial charge in [0.05, 0.1) is 0 Å². The van der Waals surface area contributed by atoms with E-state index in [1.807, 2.05) is 30.3 Å². The maximum absolute atomic E-state index is 14.2. The van der Waals surface area contributed by atoms with E-state index >= 15 is 0 Å². The third-order valence-electron chi connectivity index (χ3n) is 3.41. The van der Waals surface area contributed by atoms with Crippen molar-refractivity contribution in [1.82, 2.24) is 0 Å². The van der Waals surface area contributed by atoms with E-state index in [1.165, 1.54) is 6.07 Å². The van der Waals surface area contributed by atoms with Crippen molar-refractivity contribution in [3.63, 3.8) is 0 Å². The van der Waals surface area contributed by atoms with Crippen LogP contribution in [0.4, 0.5) is 4.39 Å². The van der Waals surface area contributed by atoms with E-state index in [-0.39, 0.29) is 11.6 Å². The van der Waals surface area contributed by atoms with E-state index in [0.717, 1.165) is 30.2 Å². The summed E-state index contributed by atoms with van der Waals surface area (Å²) in [6.07, 6.45) is 3.42. The lowest BCUT2D eigenvalue weighted by atomic mass is 9.99. The Hall–Kier alpha value is -1.48. The van der Waals surface area contributed by atoms with E-state index in [0.29, 0.717) is 17.5 Å². The normalized spacial score (nSPS) is 10.6. The highest BCUT2D eigenvalue weighted by Gasteiger charge is 2.10. The van der Waals surface area contributed by atoms with Gasteiger partial charge in [0.25, 0.3) is 0 Å². The van der Waals surface area contributed by atoms with Crippen molar-refractivity contribution in [2.45, 2.75) is 25.7 Å². The molecule has 2 aromatic rings. The molecule has 0 aromatic heterocycles. The maximum Gasteiger partial charge on any atom is 0.162 e. The van der Waals surface area contributed by atoms with Gasteiger partial charge in [0.15, 0.2) is 5.78 Å². The zero-order valence-corrected chi connectivity index (χ0v) is 13.4. The minimum absolute atomic E-state index is 0.0167. The van der Waals surface area contributed by atoms with Gasteiger partial charge in [-0.1, -0.05) is 64.8 Å². The highest BCUT2D eigenvalue weighted by Crippen LogP contribution is 2.24. The Bertz CT molecular complexity index is 595. The van der Waals surface area contributed by atoms with Crippen LogP contribution in [0.1, 0.15) is 36.0 Å². The Kier molecular flexibility index (Phi) is 6.12. The van der Waals surface area contributed by atoms with Gasteiger partial charge >= 0.3 is 0 Å². The third-order valence-corrected chi connectivity index (χ3v) is 3.97. The summed E-state index contributed by atoms with van der Waals surface area (Å²) >= 11 is 3.37. The van der Waals surface area contributed by atoms with Crippen LogP contribution in [-0.2, 0) is 0 Å².